The van der Waals surface area contributed by atoms with Gasteiger partial charge in [0.1, 0.15) is 5.52 Å². The lowest BCUT2D eigenvalue weighted by atomic mass is 9.92. The summed E-state index contributed by atoms with van der Waals surface area (Å²) in [5.41, 5.74) is 7.71. The summed E-state index contributed by atoms with van der Waals surface area (Å²) in [6.45, 7) is 4.51. The average molecular weight is 577 g/mol. The fourth-order valence-corrected chi connectivity index (χ4v) is 5.59. The highest BCUT2D eigenvalue weighted by Gasteiger charge is 2.18. The summed E-state index contributed by atoms with van der Waals surface area (Å²) in [5, 5.41) is 0. The molecule has 1 heterocycles. The van der Waals surface area contributed by atoms with Crippen LogP contribution in [0.25, 0.3) is 33.7 Å². The lowest BCUT2D eigenvalue weighted by Crippen LogP contribution is -2.00. The third-order valence-electron chi connectivity index (χ3n) is 7.03. The third kappa shape index (κ3) is 6.93. The van der Waals surface area contributed by atoms with Crippen molar-refractivity contribution in [2.45, 2.75) is 78.1 Å². The van der Waals surface area contributed by atoms with Gasteiger partial charge in [0, 0.05) is 15.6 Å². The number of ether oxygens (including phenoxy) is 1. The van der Waals surface area contributed by atoms with Gasteiger partial charge in [0.05, 0.1) is 12.7 Å². The van der Waals surface area contributed by atoms with Crippen molar-refractivity contribution in [2.75, 3.05) is 7.11 Å². The van der Waals surface area contributed by atoms with Crippen LogP contribution >= 0.6 is 15.9 Å². The maximum Gasteiger partial charge on any atom is 0.337 e. The summed E-state index contributed by atoms with van der Waals surface area (Å²) >= 11 is 3.83. The van der Waals surface area contributed by atoms with Crippen molar-refractivity contribution >= 4 is 33.0 Å². The summed E-state index contributed by atoms with van der Waals surface area (Å²) in [6.07, 6.45) is 12.2. The van der Waals surface area contributed by atoms with Gasteiger partial charge in [0.2, 0.25) is 5.89 Å². The van der Waals surface area contributed by atoms with Gasteiger partial charge in [-0.3, -0.25) is 0 Å². The number of oxazole rings is 1. The van der Waals surface area contributed by atoms with E-state index in [4.69, 9.17) is 14.1 Å². The fraction of sp³-hybridized carbons (Fsp3) is 0.394. The Bertz CT molecular complexity index is 1340. The number of fused-ring (bicyclic) bond motifs is 1. The molecule has 0 spiro atoms. The maximum atomic E-state index is 12.0. The molecule has 0 atom stereocenters. The van der Waals surface area contributed by atoms with E-state index in [1.807, 2.05) is 6.07 Å². The van der Waals surface area contributed by atoms with Gasteiger partial charge in [-0.15, -0.1) is 0 Å². The van der Waals surface area contributed by atoms with Gasteiger partial charge in [0.15, 0.2) is 5.58 Å². The molecule has 5 heteroatoms. The number of aromatic nitrogens is 1. The smallest absolute Gasteiger partial charge is 0.337 e. The first-order chi connectivity index (χ1) is 18.5. The molecule has 3 aromatic carbocycles. The molecule has 0 aliphatic rings. The molecule has 4 aromatic rings. The van der Waals surface area contributed by atoms with Crippen molar-refractivity contribution in [3.63, 3.8) is 0 Å². The first kappa shape index (κ1) is 28.1. The number of hydrogen-bond donors (Lipinski definition) is 0. The van der Waals surface area contributed by atoms with Crippen LogP contribution in [0, 0.1) is 0 Å². The van der Waals surface area contributed by atoms with Crippen molar-refractivity contribution in [3.8, 4) is 22.6 Å². The first-order valence-corrected chi connectivity index (χ1v) is 14.7. The lowest BCUT2D eigenvalue weighted by molar-refractivity contribution is 0.0601. The number of aryl methyl sites for hydroxylation is 2. The van der Waals surface area contributed by atoms with E-state index in [1.54, 1.807) is 18.2 Å². The van der Waals surface area contributed by atoms with E-state index in [1.165, 1.54) is 75.2 Å². The van der Waals surface area contributed by atoms with E-state index < -0.39 is 0 Å². The number of carbonyl (C=O) groups is 1. The molecule has 0 bridgehead atoms. The minimum Gasteiger partial charge on any atom is -0.465 e. The third-order valence-corrected chi connectivity index (χ3v) is 7.69. The Hall–Kier alpha value is -2.92. The summed E-state index contributed by atoms with van der Waals surface area (Å²) in [7, 11) is 1.38. The number of carbonyl (C=O) groups excluding carboxylic acids is 1. The quantitative estimate of drug-likeness (QED) is 0.117. The maximum absolute atomic E-state index is 12.0. The number of nitrogens with zero attached hydrogens (tertiary/aromatic N) is 1. The molecule has 1 aromatic heterocycles. The standard InChI is InChI=1S/C33H38BrNO3/c1-4-6-8-10-13-23-19-24(14-11-9-7-5-2)21-26(20-23)31-27(15-12-16-28(31)34)32-35-29-22-25(33(36)37-3)17-18-30(29)38-32/h12,15-22H,4-11,13-14H2,1-3H3. The Kier molecular flexibility index (Phi) is 10.2. The van der Waals surface area contributed by atoms with Gasteiger partial charge in [-0.05, 0) is 72.7 Å². The van der Waals surface area contributed by atoms with Gasteiger partial charge < -0.3 is 9.15 Å². The molecule has 0 fully saturated rings. The largest absolute Gasteiger partial charge is 0.465 e. The SMILES string of the molecule is CCCCCCc1cc(CCCCCC)cc(-c2c(Br)cccc2-c2nc3cc(C(=O)OC)ccc3o2)c1. The number of hydrogen-bond acceptors (Lipinski definition) is 4. The molecule has 4 nitrogen and oxygen atoms in total. The van der Waals surface area contributed by atoms with Crippen LogP contribution in [0.2, 0.25) is 0 Å². The van der Waals surface area contributed by atoms with Crippen molar-refractivity contribution in [3.05, 3.63) is 75.8 Å². The van der Waals surface area contributed by atoms with Crippen LogP contribution in [0.5, 0.6) is 0 Å². The molecule has 200 valence electrons. The number of esters is 1. The summed E-state index contributed by atoms with van der Waals surface area (Å²) in [5.74, 6) is 0.151. The number of unbranched alkanes of at least 4 members (excludes halogenated alkanes) is 6. The lowest BCUT2D eigenvalue weighted by Gasteiger charge is -2.14. The number of halogens is 1. The van der Waals surface area contributed by atoms with Gasteiger partial charge in [-0.25, -0.2) is 9.78 Å². The summed E-state index contributed by atoms with van der Waals surface area (Å²) in [4.78, 5) is 16.8. The first-order valence-electron chi connectivity index (χ1n) is 13.9. The molecule has 0 aliphatic heterocycles. The molecule has 0 amide bonds. The second kappa shape index (κ2) is 13.7. The minimum absolute atomic E-state index is 0.387. The second-order valence-corrected chi connectivity index (χ2v) is 10.9. The van der Waals surface area contributed by atoms with Gasteiger partial charge in [0.25, 0.3) is 0 Å². The second-order valence-electron chi connectivity index (χ2n) is 10.0. The zero-order valence-corrected chi connectivity index (χ0v) is 24.4. The minimum atomic E-state index is -0.387. The Morgan fingerprint density at radius 2 is 1.55 bits per heavy atom. The van der Waals surface area contributed by atoms with Crippen molar-refractivity contribution < 1.29 is 13.9 Å². The van der Waals surface area contributed by atoms with Crippen LogP contribution in [0.4, 0.5) is 0 Å². The van der Waals surface area contributed by atoms with Gasteiger partial charge in [-0.2, -0.15) is 0 Å². The molecule has 4 rings (SSSR count). The Morgan fingerprint density at radius 1 is 0.868 bits per heavy atom. The predicted octanol–water partition coefficient (Wildman–Crippen LogP) is 9.96. The molecule has 0 aliphatic carbocycles. The fourth-order valence-electron chi connectivity index (χ4n) is 4.99. The highest BCUT2D eigenvalue weighted by molar-refractivity contribution is 9.10. The van der Waals surface area contributed by atoms with E-state index in [0.717, 1.165) is 28.4 Å². The van der Waals surface area contributed by atoms with Crippen molar-refractivity contribution in [1.82, 2.24) is 4.98 Å². The number of rotatable bonds is 13. The highest BCUT2D eigenvalue weighted by Crippen LogP contribution is 2.39. The van der Waals surface area contributed by atoms with E-state index in [-0.39, 0.29) is 5.97 Å². The number of methoxy groups -OCH3 is 1. The summed E-state index contributed by atoms with van der Waals surface area (Å²) < 4.78 is 12.1. The van der Waals surface area contributed by atoms with E-state index >= 15 is 0 Å². The van der Waals surface area contributed by atoms with Crippen LogP contribution in [0.1, 0.15) is 86.7 Å². The van der Waals surface area contributed by atoms with E-state index in [0.29, 0.717) is 22.6 Å². The average Bonchev–Trinajstić information content (AvgIpc) is 3.36. The van der Waals surface area contributed by atoms with Crippen LogP contribution in [0.3, 0.4) is 0 Å². The topological polar surface area (TPSA) is 52.3 Å². The molecule has 0 N–H and O–H groups in total. The van der Waals surface area contributed by atoms with Crippen LogP contribution in [-0.2, 0) is 17.6 Å². The monoisotopic (exact) mass is 575 g/mol. The number of benzene rings is 3. The van der Waals surface area contributed by atoms with Crippen molar-refractivity contribution in [1.29, 1.82) is 0 Å². The molecule has 0 radical (unpaired) electrons. The molecule has 38 heavy (non-hydrogen) atoms. The summed E-state index contributed by atoms with van der Waals surface area (Å²) in [6, 6.07) is 18.4. The van der Waals surface area contributed by atoms with Gasteiger partial charge >= 0.3 is 5.97 Å². The molecular formula is C33H38BrNO3. The Labute approximate surface area is 234 Å². The molecule has 0 saturated heterocycles. The van der Waals surface area contributed by atoms with Crippen molar-refractivity contribution in [2.24, 2.45) is 0 Å². The normalized spacial score (nSPS) is 11.3. The Morgan fingerprint density at radius 3 is 2.18 bits per heavy atom. The van der Waals surface area contributed by atoms with Gasteiger partial charge in [-0.1, -0.05) is 92.6 Å². The van der Waals surface area contributed by atoms with Crippen LogP contribution in [0.15, 0.2) is 63.5 Å². The molecule has 0 saturated carbocycles. The van der Waals surface area contributed by atoms with E-state index in [9.17, 15) is 4.79 Å². The zero-order chi connectivity index (χ0) is 26.9. The molecule has 0 unspecified atom stereocenters. The highest BCUT2D eigenvalue weighted by atomic mass is 79.9. The zero-order valence-electron chi connectivity index (χ0n) is 22.8. The van der Waals surface area contributed by atoms with E-state index in [2.05, 4.69) is 60.1 Å². The molecular weight excluding hydrogens is 538 g/mol. The predicted molar refractivity (Wildman–Crippen MR) is 160 cm³/mol. The Balaban J connectivity index is 1.74. The van der Waals surface area contributed by atoms with Crippen LogP contribution in [-0.4, -0.2) is 18.1 Å². The van der Waals surface area contributed by atoms with Crippen LogP contribution < -0.4 is 0 Å².